The summed E-state index contributed by atoms with van der Waals surface area (Å²) in [4.78, 5) is 10.6. The first-order valence-corrected chi connectivity index (χ1v) is 3.73. The molecule has 0 aromatic carbocycles. The minimum absolute atomic E-state index is 0.0376. The standard InChI is InChI=1S/C8H15NO3/c1-6(2)4-12-5-7(11-3)8(9)10/h5-6H,4H2,1-3H3,(H2,9,10). The Morgan fingerprint density at radius 1 is 1.58 bits per heavy atom. The van der Waals surface area contributed by atoms with Crippen molar-refractivity contribution in [2.75, 3.05) is 13.7 Å². The van der Waals surface area contributed by atoms with Crippen LogP contribution in [0.1, 0.15) is 13.8 Å². The molecule has 70 valence electrons. The molecule has 12 heavy (non-hydrogen) atoms. The Kier molecular flexibility index (Phi) is 4.92. The fourth-order valence-corrected chi connectivity index (χ4v) is 0.523. The maximum Gasteiger partial charge on any atom is 0.287 e. The lowest BCUT2D eigenvalue weighted by molar-refractivity contribution is -0.117. The van der Waals surface area contributed by atoms with Gasteiger partial charge < -0.3 is 15.2 Å². The van der Waals surface area contributed by atoms with Crippen LogP contribution in [0, 0.1) is 5.92 Å². The molecule has 0 heterocycles. The second kappa shape index (κ2) is 5.46. The SMILES string of the molecule is COC(=COCC(C)C)C(N)=O. The molecule has 2 N–H and O–H groups in total. The zero-order valence-electron chi connectivity index (χ0n) is 7.66. The average Bonchev–Trinajstić information content (AvgIpc) is 1.96. The zero-order valence-corrected chi connectivity index (χ0v) is 7.66. The highest BCUT2D eigenvalue weighted by Crippen LogP contribution is 1.97. The fourth-order valence-electron chi connectivity index (χ4n) is 0.523. The molecule has 0 unspecified atom stereocenters. The van der Waals surface area contributed by atoms with Crippen molar-refractivity contribution in [2.24, 2.45) is 11.7 Å². The Morgan fingerprint density at radius 3 is 2.50 bits per heavy atom. The number of primary amides is 1. The average molecular weight is 173 g/mol. The number of carbonyl (C=O) groups is 1. The van der Waals surface area contributed by atoms with Crippen LogP contribution in [0.4, 0.5) is 0 Å². The molecule has 0 aliphatic carbocycles. The maximum absolute atomic E-state index is 10.6. The third-order valence-electron chi connectivity index (χ3n) is 1.08. The van der Waals surface area contributed by atoms with Gasteiger partial charge in [0.2, 0.25) is 5.76 Å². The molecule has 0 saturated carbocycles. The highest BCUT2D eigenvalue weighted by atomic mass is 16.5. The molecule has 0 fully saturated rings. The van der Waals surface area contributed by atoms with E-state index in [4.69, 9.17) is 10.5 Å². The van der Waals surface area contributed by atoms with Crippen LogP contribution in [0.15, 0.2) is 12.0 Å². The Labute approximate surface area is 72.3 Å². The van der Waals surface area contributed by atoms with E-state index in [1.165, 1.54) is 13.4 Å². The Hall–Kier alpha value is -1.19. The lowest BCUT2D eigenvalue weighted by Crippen LogP contribution is -2.15. The summed E-state index contributed by atoms with van der Waals surface area (Å²) in [6.07, 6.45) is 1.24. The second-order valence-electron chi connectivity index (χ2n) is 2.78. The molecule has 0 aromatic rings. The van der Waals surface area contributed by atoms with E-state index in [1.807, 2.05) is 13.8 Å². The van der Waals surface area contributed by atoms with Crippen LogP contribution >= 0.6 is 0 Å². The van der Waals surface area contributed by atoms with Crippen LogP contribution in [-0.2, 0) is 14.3 Å². The summed E-state index contributed by atoms with van der Waals surface area (Å²) >= 11 is 0. The third-order valence-corrected chi connectivity index (χ3v) is 1.08. The van der Waals surface area contributed by atoms with Crippen LogP contribution < -0.4 is 5.73 Å². The predicted molar refractivity (Wildman–Crippen MR) is 45.1 cm³/mol. The first-order valence-electron chi connectivity index (χ1n) is 3.73. The second-order valence-corrected chi connectivity index (χ2v) is 2.78. The molecule has 4 nitrogen and oxygen atoms in total. The summed E-state index contributed by atoms with van der Waals surface area (Å²) in [5.41, 5.74) is 4.95. The van der Waals surface area contributed by atoms with Crippen molar-refractivity contribution in [1.29, 1.82) is 0 Å². The molecule has 0 radical (unpaired) electrons. The van der Waals surface area contributed by atoms with E-state index in [-0.39, 0.29) is 5.76 Å². The molecule has 1 amide bonds. The van der Waals surface area contributed by atoms with Gasteiger partial charge >= 0.3 is 0 Å². The number of rotatable bonds is 5. The highest BCUT2D eigenvalue weighted by molar-refractivity contribution is 5.89. The van der Waals surface area contributed by atoms with E-state index in [2.05, 4.69) is 4.74 Å². The molecular weight excluding hydrogens is 158 g/mol. The van der Waals surface area contributed by atoms with Gasteiger partial charge in [-0.3, -0.25) is 4.79 Å². The summed E-state index contributed by atoms with van der Waals surface area (Å²) in [6, 6.07) is 0. The van der Waals surface area contributed by atoms with Gasteiger partial charge in [0.25, 0.3) is 5.91 Å². The van der Waals surface area contributed by atoms with Crippen molar-refractivity contribution in [3.8, 4) is 0 Å². The van der Waals surface area contributed by atoms with Crippen molar-refractivity contribution in [2.45, 2.75) is 13.8 Å². The van der Waals surface area contributed by atoms with Gasteiger partial charge in [0, 0.05) is 0 Å². The van der Waals surface area contributed by atoms with Crippen LogP contribution in [0.25, 0.3) is 0 Å². The van der Waals surface area contributed by atoms with Crippen molar-refractivity contribution in [3.05, 3.63) is 12.0 Å². The molecule has 0 aliphatic heterocycles. The normalized spacial score (nSPS) is 11.5. The molecular formula is C8H15NO3. The van der Waals surface area contributed by atoms with Crippen LogP contribution in [0.2, 0.25) is 0 Å². The van der Waals surface area contributed by atoms with E-state index >= 15 is 0 Å². The Balaban J connectivity index is 3.87. The van der Waals surface area contributed by atoms with Gasteiger partial charge in [0.1, 0.15) is 6.26 Å². The van der Waals surface area contributed by atoms with Gasteiger partial charge in [0.15, 0.2) is 0 Å². The summed E-state index contributed by atoms with van der Waals surface area (Å²) in [6.45, 7) is 4.55. The van der Waals surface area contributed by atoms with Gasteiger partial charge in [-0.05, 0) is 5.92 Å². The number of amides is 1. The van der Waals surface area contributed by atoms with Crippen molar-refractivity contribution < 1.29 is 14.3 Å². The first kappa shape index (κ1) is 10.8. The topological polar surface area (TPSA) is 61.6 Å². The smallest absolute Gasteiger partial charge is 0.287 e. The maximum atomic E-state index is 10.6. The fraction of sp³-hybridized carbons (Fsp3) is 0.625. The van der Waals surface area contributed by atoms with E-state index in [0.29, 0.717) is 12.5 Å². The molecule has 0 bridgehead atoms. The number of ether oxygens (including phenoxy) is 2. The Bertz CT molecular complexity index is 175. The zero-order chi connectivity index (χ0) is 9.56. The van der Waals surface area contributed by atoms with E-state index in [0.717, 1.165) is 0 Å². The lowest BCUT2D eigenvalue weighted by Gasteiger charge is -2.05. The third kappa shape index (κ3) is 4.60. The molecule has 0 aromatic heterocycles. The summed E-state index contributed by atoms with van der Waals surface area (Å²) in [5, 5.41) is 0. The number of methoxy groups -OCH3 is 1. The quantitative estimate of drug-likeness (QED) is 0.490. The number of nitrogens with two attached hydrogens (primary N) is 1. The summed E-state index contributed by atoms with van der Waals surface area (Å²) in [5.74, 6) is -0.177. The number of hydrogen-bond acceptors (Lipinski definition) is 3. The predicted octanol–water partition coefficient (Wildman–Crippen LogP) is 0.632. The largest absolute Gasteiger partial charge is 0.497 e. The lowest BCUT2D eigenvalue weighted by atomic mass is 10.2. The van der Waals surface area contributed by atoms with E-state index in [9.17, 15) is 4.79 Å². The first-order chi connectivity index (χ1) is 5.57. The monoisotopic (exact) mass is 173 g/mol. The minimum atomic E-state index is -0.624. The molecule has 0 aliphatic rings. The van der Waals surface area contributed by atoms with E-state index < -0.39 is 5.91 Å². The molecule has 4 heteroatoms. The van der Waals surface area contributed by atoms with Crippen molar-refractivity contribution in [1.82, 2.24) is 0 Å². The number of carbonyl (C=O) groups excluding carboxylic acids is 1. The van der Waals surface area contributed by atoms with Crippen LogP contribution in [0.3, 0.4) is 0 Å². The summed E-state index contributed by atoms with van der Waals surface area (Å²) < 4.78 is 9.68. The van der Waals surface area contributed by atoms with Crippen LogP contribution in [0.5, 0.6) is 0 Å². The van der Waals surface area contributed by atoms with Gasteiger partial charge in [0.05, 0.1) is 13.7 Å². The van der Waals surface area contributed by atoms with E-state index in [1.54, 1.807) is 0 Å². The van der Waals surface area contributed by atoms with Crippen molar-refractivity contribution >= 4 is 5.91 Å². The summed E-state index contributed by atoms with van der Waals surface area (Å²) in [7, 11) is 1.37. The Morgan fingerprint density at radius 2 is 2.17 bits per heavy atom. The van der Waals surface area contributed by atoms with Crippen LogP contribution in [-0.4, -0.2) is 19.6 Å². The highest BCUT2D eigenvalue weighted by Gasteiger charge is 2.03. The minimum Gasteiger partial charge on any atom is -0.497 e. The molecule has 0 spiro atoms. The molecule has 0 rings (SSSR count). The van der Waals surface area contributed by atoms with Gasteiger partial charge in [-0.15, -0.1) is 0 Å². The molecule has 0 saturated heterocycles. The van der Waals surface area contributed by atoms with Gasteiger partial charge in [-0.25, -0.2) is 0 Å². The van der Waals surface area contributed by atoms with Gasteiger partial charge in [-0.1, -0.05) is 13.8 Å². The number of hydrogen-bond donors (Lipinski definition) is 1. The van der Waals surface area contributed by atoms with Gasteiger partial charge in [-0.2, -0.15) is 0 Å². The molecule has 0 atom stereocenters. The van der Waals surface area contributed by atoms with Crippen molar-refractivity contribution in [3.63, 3.8) is 0 Å².